The number of anilines is 1. The molecule has 0 fully saturated rings. The molecule has 31 heavy (non-hydrogen) atoms. The Labute approximate surface area is 180 Å². The summed E-state index contributed by atoms with van der Waals surface area (Å²) in [6, 6.07) is 30.1. The Hall–Kier alpha value is -4.05. The van der Waals surface area contributed by atoms with E-state index in [0.29, 0.717) is 6.42 Å². The molecule has 4 nitrogen and oxygen atoms in total. The van der Waals surface area contributed by atoms with Crippen molar-refractivity contribution in [1.82, 2.24) is 4.98 Å². The molecule has 0 bridgehead atoms. The molecule has 0 atom stereocenters. The molecule has 1 heterocycles. The van der Waals surface area contributed by atoms with Crippen LogP contribution in [0.1, 0.15) is 5.56 Å². The maximum absolute atomic E-state index is 12.8. The molecular formula is C27H22N2O2. The number of nitrogens with one attached hydrogen (secondary N) is 2. The third kappa shape index (κ3) is 3.64. The van der Waals surface area contributed by atoms with Crippen molar-refractivity contribution in [1.29, 1.82) is 0 Å². The lowest BCUT2D eigenvalue weighted by molar-refractivity contribution is -0.115. The van der Waals surface area contributed by atoms with Gasteiger partial charge in [0, 0.05) is 33.1 Å². The van der Waals surface area contributed by atoms with Crippen LogP contribution in [0.25, 0.3) is 32.9 Å². The number of para-hydroxylation sites is 3. The van der Waals surface area contributed by atoms with E-state index < -0.39 is 0 Å². The quantitative estimate of drug-likeness (QED) is 0.366. The summed E-state index contributed by atoms with van der Waals surface area (Å²) in [7, 11) is 1.63. The van der Waals surface area contributed by atoms with E-state index in [0.717, 1.165) is 39.2 Å². The largest absolute Gasteiger partial charge is 0.497 e. The van der Waals surface area contributed by atoms with Crippen LogP contribution in [-0.4, -0.2) is 18.0 Å². The first-order valence-corrected chi connectivity index (χ1v) is 10.2. The van der Waals surface area contributed by atoms with E-state index in [1.165, 1.54) is 10.8 Å². The van der Waals surface area contributed by atoms with Crippen LogP contribution in [0.5, 0.6) is 5.75 Å². The number of H-pyrrole nitrogens is 1. The molecule has 5 rings (SSSR count). The first-order chi connectivity index (χ1) is 15.2. The lowest BCUT2D eigenvalue weighted by Crippen LogP contribution is -2.15. The Morgan fingerprint density at radius 2 is 1.52 bits per heavy atom. The summed E-state index contributed by atoms with van der Waals surface area (Å²) in [5.74, 6) is 0.724. The van der Waals surface area contributed by atoms with Crippen LogP contribution in [-0.2, 0) is 11.2 Å². The summed E-state index contributed by atoms with van der Waals surface area (Å²) in [5.41, 5.74) is 5.96. The summed E-state index contributed by atoms with van der Waals surface area (Å²) < 4.78 is 5.19. The predicted octanol–water partition coefficient (Wildman–Crippen LogP) is 6.18. The van der Waals surface area contributed by atoms with Crippen LogP contribution in [0.2, 0.25) is 0 Å². The van der Waals surface area contributed by atoms with Gasteiger partial charge in [0.2, 0.25) is 5.91 Å². The van der Waals surface area contributed by atoms with Crippen molar-refractivity contribution < 1.29 is 9.53 Å². The standard InChI is InChI=1S/C27H22N2O2/c1-31-19-15-13-18(14-16-19)17-26(30)28-24-11-4-2-7-20(24)22-9-6-10-23-21-8-3-5-12-25(21)29-27(22)23/h2-16,29H,17H2,1H3,(H,28,30). The van der Waals surface area contributed by atoms with Crippen LogP contribution >= 0.6 is 0 Å². The van der Waals surface area contributed by atoms with Gasteiger partial charge in [-0.05, 0) is 29.8 Å². The number of rotatable bonds is 5. The number of aromatic amines is 1. The van der Waals surface area contributed by atoms with Crippen molar-refractivity contribution in [3.05, 3.63) is 96.6 Å². The van der Waals surface area contributed by atoms with Crippen LogP contribution in [0, 0.1) is 0 Å². The average molecular weight is 406 g/mol. The molecule has 0 aliphatic carbocycles. The fourth-order valence-electron chi connectivity index (χ4n) is 4.05. The van der Waals surface area contributed by atoms with Crippen LogP contribution < -0.4 is 10.1 Å². The minimum Gasteiger partial charge on any atom is -0.497 e. The summed E-state index contributed by atoms with van der Waals surface area (Å²) in [5, 5.41) is 5.47. The van der Waals surface area contributed by atoms with E-state index in [1.807, 2.05) is 54.6 Å². The Morgan fingerprint density at radius 1 is 0.806 bits per heavy atom. The van der Waals surface area contributed by atoms with Gasteiger partial charge in [-0.3, -0.25) is 4.79 Å². The molecule has 4 heteroatoms. The molecule has 0 radical (unpaired) electrons. The molecule has 0 aliphatic heterocycles. The molecule has 4 aromatic carbocycles. The fourth-order valence-corrected chi connectivity index (χ4v) is 4.05. The maximum Gasteiger partial charge on any atom is 0.228 e. The van der Waals surface area contributed by atoms with Crippen molar-refractivity contribution in [3.8, 4) is 16.9 Å². The van der Waals surface area contributed by atoms with Crippen molar-refractivity contribution in [3.63, 3.8) is 0 Å². The lowest BCUT2D eigenvalue weighted by atomic mass is 10.00. The van der Waals surface area contributed by atoms with Gasteiger partial charge in [0.1, 0.15) is 5.75 Å². The van der Waals surface area contributed by atoms with Crippen molar-refractivity contribution in [2.75, 3.05) is 12.4 Å². The smallest absolute Gasteiger partial charge is 0.228 e. The number of benzene rings is 4. The van der Waals surface area contributed by atoms with Crippen LogP contribution in [0.3, 0.4) is 0 Å². The SMILES string of the molecule is COc1ccc(CC(=O)Nc2ccccc2-c2cccc3c2[nH]c2ccccc23)cc1. The highest BCUT2D eigenvalue weighted by Crippen LogP contribution is 2.36. The van der Waals surface area contributed by atoms with E-state index in [2.05, 4.69) is 46.7 Å². The second-order valence-corrected chi connectivity index (χ2v) is 7.52. The minimum atomic E-state index is -0.0542. The maximum atomic E-state index is 12.8. The third-order valence-electron chi connectivity index (χ3n) is 5.56. The number of hydrogen-bond donors (Lipinski definition) is 2. The highest BCUT2D eigenvalue weighted by atomic mass is 16.5. The van der Waals surface area contributed by atoms with Crippen molar-refractivity contribution >= 4 is 33.4 Å². The zero-order valence-corrected chi connectivity index (χ0v) is 17.2. The molecule has 0 saturated carbocycles. The monoisotopic (exact) mass is 406 g/mol. The number of hydrogen-bond acceptors (Lipinski definition) is 2. The first-order valence-electron chi connectivity index (χ1n) is 10.2. The Balaban J connectivity index is 1.49. The Kier molecular flexibility index (Phi) is 4.89. The zero-order valence-electron chi connectivity index (χ0n) is 17.2. The molecule has 152 valence electrons. The molecule has 2 N–H and O–H groups in total. The van der Waals surface area contributed by atoms with Crippen LogP contribution in [0.4, 0.5) is 5.69 Å². The van der Waals surface area contributed by atoms with Gasteiger partial charge in [0.15, 0.2) is 0 Å². The first kappa shape index (κ1) is 18.9. The van der Waals surface area contributed by atoms with Gasteiger partial charge >= 0.3 is 0 Å². The van der Waals surface area contributed by atoms with E-state index in [-0.39, 0.29) is 5.91 Å². The Morgan fingerprint density at radius 3 is 2.35 bits per heavy atom. The molecule has 5 aromatic rings. The minimum absolute atomic E-state index is 0.0542. The van der Waals surface area contributed by atoms with Gasteiger partial charge < -0.3 is 15.0 Å². The number of methoxy groups -OCH3 is 1. The molecular weight excluding hydrogens is 384 g/mol. The molecule has 0 aliphatic rings. The second kappa shape index (κ2) is 8.00. The second-order valence-electron chi connectivity index (χ2n) is 7.52. The average Bonchev–Trinajstić information content (AvgIpc) is 3.19. The fraction of sp³-hybridized carbons (Fsp3) is 0.0741. The number of aromatic nitrogens is 1. The topological polar surface area (TPSA) is 54.1 Å². The Bertz CT molecular complexity index is 1380. The molecule has 1 amide bonds. The summed E-state index contributed by atoms with van der Waals surface area (Å²) in [4.78, 5) is 16.3. The highest BCUT2D eigenvalue weighted by molar-refractivity contribution is 6.13. The number of fused-ring (bicyclic) bond motifs is 3. The van der Waals surface area contributed by atoms with Gasteiger partial charge in [0.25, 0.3) is 0 Å². The number of ether oxygens (including phenoxy) is 1. The van der Waals surface area contributed by atoms with Gasteiger partial charge in [0.05, 0.1) is 19.0 Å². The van der Waals surface area contributed by atoms with E-state index >= 15 is 0 Å². The van der Waals surface area contributed by atoms with Gasteiger partial charge in [-0.2, -0.15) is 0 Å². The number of carbonyl (C=O) groups is 1. The van der Waals surface area contributed by atoms with E-state index in [9.17, 15) is 4.79 Å². The van der Waals surface area contributed by atoms with E-state index in [4.69, 9.17) is 4.74 Å². The molecule has 0 spiro atoms. The lowest BCUT2D eigenvalue weighted by Gasteiger charge is -2.12. The predicted molar refractivity (Wildman–Crippen MR) is 127 cm³/mol. The third-order valence-corrected chi connectivity index (χ3v) is 5.56. The van der Waals surface area contributed by atoms with E-state index in [1.54, 1.807) is 7.11 Å². The summed E-state index contributed by atoms with van der Waals surface area (Å²) in [6.07, 6.45) is 0.301. The molecule has 0 saturated heterocycles. The van der Waals surface area contributed by atoms with Crippen molar-refractivity contribution in [2.24, 2.45) is 0 Å². The van der Waals surface area contributed by atoms with Crippen molar-refractivity contribution in [2.45, 2.75) is 6.42 Å². The molecule has 0 unspecified atom stereocenters. The summed E-state index contributed by atoms with van der Waals surface area (Å²) in [6.45, 7) is 0. The number of carbonyl (C=O) groups excluding carboxylic acids is 1. The van der Waals surface area contributed by atoms with Crippen LogP contribution in [0.15, 0.2) is 91.0 Å². The number of amides is 1. The normalized spacial score (nSPS) is 11.0. The highest BCUT2D eigenvalue weighted by Gasteiger charge is 2.14. The van der Waals surface area contributed by atoms with Gasteiger partial charge in [-0.25, -0.2) is 0 Å². The van der Waals surface area contributed by atoms with Gasteiger partial charge in [-0.15, -0.1) is 0 Å². The summed E-state index contributed by atoms with van der Waals surface area (Å²) >= 11 is 0. The van der Waals surface area contributed by atoms with Gasteiger partial charge in [-0.1, -0.05) is 66.7 Å². The zero-order chi connectivity index (χ0) is 21.2. The molecule has 1 aromatic heterocycles.